The van der Waals surface area contributed by atoms with Crippen LogP contribution in [0.15, 0.2) is 65.8 Å². The van der Waals surface area contributed by atoms with Gasteiger partial charge in [-0.1, -0.05) is 24.3 Å². The Morgan fingerprint density at radius 1 is 0.676 bits per heavy atom. The van der Waals surface area contributed by atoms with Crippen LogP contribution < -0.4 is 33.4 Å². The normalized spacial score (nSPS) is 14.9. The van der Waals surface area contributed by atoms with Crippen molar-refractivity contribution in [3.05, 3.63) is 71.8 Å². The summed E-state index contributed by atoms with van der Waals surface area (Å²) in [5, 5.41) is 6.99. The van der Waals surface area contributed by atoms with Gasteiger partial charge in [-0.15, -0.1) is 0 Å². The van der Waals surface area contributed by atoms with Crippen LogP contribution in [0, 0.1) is 0 Å². The molecule has 0 aliphatic carbocycles. The smallest absolute Gasteiger partial charge is 0.203 e. The molecule has 37 heavy (non-hydrogen) atoms. The van der Waals surface area contributed by atoms with E-state index in [2.05, 4.69) is 0 Å². The predicted molar refractivity (Wildman–Crippen MR) is 145 cm³/mol. The van der Waals surface area contributed by atoms with Crippen LogP contribution in [-0.2, 0) is 0 Å². The van der Waals surface area contributed by atoms with Gasteiger partial charge in [0.1, 0.15) is 0 Å². The average molecular weight is 505 g/mol. The second-order valence-corrected chi connectivity index (χ2v) is 8.24. The van der Waals surface area contributed by atoms with Gasteiger partial charge in [-0.25, -0.2) is 0 Å². The molecule has 0 aromatic heterocycles. The summed E-state index contributed by atoms with van der Waals surface area (Å²) in [7, 11) is 9.63. The van der Waals surface area contributed by atoms with Crippen molar-refractivity contribution in [1.82, 2.24) is 0 Å². The molecule has 3 aromatic carbocycles. The van der Waals surface area contributed by atoms with Crippen LogP contribution in [0.25, 0.3) is 6.08 Å². The molecule has 0 radical (unpaired) electrons. The topological polar surface area (TPSA) is 71.0 Å². The molecule has 1 unspecified atom stereocenters. The van der Waals surface area contributed by atoms with Gasteiger partial charge in [0.15, 0.2) is 23.0 Å². The van der Waals surface area contributed by atoms with Crippen LogP contribution in [0.2, 0.25) is 0 Å². The highest BCUT2D eigenvalue weighted by atomic mass is 16.5. The summed E-state index contributed by atoms with van der Waals surface area (Å²) >= 11 is 0. The minimum atomic E-state index is -0.0734. The van der Waals surface area contributed by atoms with Gasteiger partial charge in [-0.05, 0) is 53.6 Å². The van der Waals surface area contributed by atoms with Crippen LogP contribution in [0.1, 0.15) is 23.6 Å². The van der Waals surface area contributed by atoms with Crippen molar-refractivity contribution < 1.29 is 28.4 Å². The van der Waals surface area contributed by atoms with Gasteiger partial charge in [0, 0.05) is 6.42 Å². The third-order valence-electron chi connectivity index (χ3n) is 6.18. The Labute approximate surface area is 217 Å². The molecule has 0 fully saturated rings. The van der Waals surface area contributed by atoms with Gasteiger partial charge in [-0.2, -0.15) is 5.10 Å². The molecule has 0 saturated heterocycles. The van der Waals surface area contributed by atoms with E-state index in [9.17, 15) is 0 Å². The van der Waals surface area contributed by atoms with Crippen molar-refractivity contribution >= 4 is 17.5 Å². The Bertz CT molecular complexity index is 1240. The summed E-state index contributed by atoms with van der Waals surface area (Å²) in [6.07, 6.45) is 4.67. The first-order valence-corrected chi connectivity index (χ1v) is 11.8. The molecule has 1 aliphatic heterocycles. The van der Waals surface area contributed by atoms with E-state index in [1.54, 1.807) is 42.7 Å². The third-order valence-corrected chi connectivity index (χ3v) is 6.18. The van der Waals surface area contributed by atoms with Crippen molar-refractivity contribution in [2.24, 2.45) is 5.10 Å². The first-order valence-electron chi connectivity index (χ1n) is 11.8. The van der Waals surface area contributed by atoms with E-state index < -0.39 is 0 Å². The number of para-hydroxylation sites is 1. The maximum atomic E-state index is 5.61. The van der Waals surface area contributed by atoms with E-state index in [-0.39, 0.29) is 6.04 Å². The van der Waals surface area contributed by atoms with Gasteiger partial charge in [-0.3, -0.25) is 5.01 Å². The Kier molecular flexibility index (Phi) is 8.08. The standard InChI is InChI=1S/C29H32N2O6/c1-32-24-14-19(15-25(33-2)28(24)36-5)12-13-21-18-23(31(30-21)22-10-8-7-9-11-22)20-16-26(34-3)29(37-6)27(17-20)35-4/h7-17,23H,18H2,1-6H3/b13-12+. The number of allylic oxidation sites excluding steroid dienone is 1. The highest BCUT2D eigenvalue weighted by molar-refractivity contribution is 6.01. The second kappa shape index (κ2) is 11.6. The molecule has 0 N–H and O–H groups in total. The van der Waals surface area contributed by atoms with E-state index in [4.69, 9.17) is 33.5 Å². The molecule has 3 aromatic rings. The Morgan fingerprint density at radius 3 is 1.68 bits per heavy atom. The number of hydrazone groups is 1. The SMILES string of the molecule is COc1cc(/C=C/C2=NN(c3ccccc3)C(c3cc(OC)c(OC)c(OC)c3)C2)cc(OC)c1OC. The fraction of sp³-hybridized carbons (Fsp3) is 0.276. The molecule has 1 atom stereocenters. The minimum Gasteiger partial charge on any atom is -0.493 e. The van der Waals surface area contributed by atoms with Crippen molar-refractivity contribution in [2.45, 2.75) is 12.5 Å². The summed E-state index contributed by atoms with van der Waals surface area (Å²) in [5.74, 6) is 3.50. The quantitative estimate of drug-likeness (QED) is 0.348. The largest absolute Gasteiger partial charge is 0.493 e. The fourth-order valence-corrected chi connectivity index (χ4v) is 4.40. The van der Waals surface area contributed by atoms with Gasteiger partial charge in [0.05, 0.1) is 60.1 Å². The molecule has 1 heterocycles. The summed E-state index contributed by atoms with van der Waals surface area (Å²) in [4.78, 5) is 0. The highest BCUT2D eigenvalue weighted by Crippen LogP contribution is 2.44. The zero-order valence-corrected chi connectivity index (χ0v) is 22.0. The molecule has 1 aliphatic rings. The van der Waals surface area contributed by atoms with E-state index in [0.717, 1.165) is 22.5 Å². The maximum Gasteiger partial charge on any atom is 0.203 e. The van der Waals surface area contributed by atoms with Crippen LogP contribution >= 0.6 is 0 Å². The third kappa shape index (κ3) is 5.28. The van der Waals surface area contributed by atoms with E-state index in [1.807, 2.05) is 71.8 Å². The van der Waals surface area contributed by atoms with Crippen molar-refractivity contribution in [3.63, 3.8) is 0 Å². The van der Waals surface area contributed by atoms with E-state index in [0.29, 0.717) is 40.9 Å². The molecule has 4 rings (SSSR count). The monoisotopic (exact) mass is 504 g/mol. The van der Waals surface area contributed by atoms with Crippen LogP contribution in [-0.4, -0.2) is 48.4 Å². The summed E-state index contributed by atoms with van der Waals surface area (Å²) in [6.45, 7) is 0. The zero-order valence-electron chi connectivity index (χ0n) is 22.0. The maximum absolute atomic E-state index is 5.61. The lowest BCUT2D eigenvalue weighted by Crippen LogP contribution is -2.18. The Balaban J connectivity index is 1.71. The number of hydrogen-bond acceptors (Lipinski definition) is 8. The van der Waals surface area contributed by atoms with Crippen LogP contribution in [0.4, 0.5) is 5.69 Å². The van der Waals surface area contributed by atoms with Gasteiger partial charge in [0.25, 0.3) is 0 Å². The molecular formula is C29H32N2O6. The molecule has 0 spiro atoms. The van der Waals surface area contributed by atoms with E-state index >= 15 is 0 Å². The van der Waals surface area contributed by atoms with Crippen LogP contribution in [0.5, 0.6) is 34.5 Å². The number of nitrogens with zero attached hydrogens (tertiary/aromatic N) is 2. The molecule has 194 valence electrons. The van der Waals surface area contributed by atoms with Gasteiger partial charge >= 0.3 is 0 Å². The summed E-state index contributed by atoms with van der Waals surface area (Å²) in [6, 6.07) is 17.8. The molecule has 8 heteroatoms. The van der Waals surface area contributed by atoms with Gasteiger partial charge < -0.3 is 28.4 Å². The first kappa shape index (κ1) is 25.8. The second-order valence-electron chi connectivity index (χ2n) is 8.24. The van der Waals surface area contributed by atoms with Crippen LogP contribution in [0.3, 0.4) is 0 Å². The highest BCUT2D eigenvalue weighted by Gasteiger charge is 2.30. The molecule has 8 nitrogen and oxygen atoms in total. The Morgan fingerprint density at radius 2 is 1.19 bits per heavy atom. The number of anilines is 1. The Hall–Kier alpha value is -4.33. The van der Waals surface area contributed by atoms with Gasteiger partial charge in [0.2, 0.25) is 11.5 Å². The number of hydrogen-bond donors (Lipinski definition) is 0. The van der Waals surface area contributed by atoms with Crippen molar-refractivity contribution in [2.75, 3.05) is 47.7 Å². The lowest BCUT2D eigenvalue weighted by atomic mass is 9.99. The van der Waals surface area contributed by atoms with E-state index in [1.165, 1.54) is 0 Å². The average Bonchev–Trinajstić information content (AvgIpc) is 3.39. The lowest BCUT2D eigenvalue weighted by Gasteiger charge is -2.25. The number of rotatable bonds is 10. The predicted octanol–water partition coefficient (Wildman–Crippen LogP) is 5.76. The number of methoxy groups -OCH3 is 6. The van der Waals surface area contributed by atoms with Crippen molar-refractivity contribution in [3.8, 4) is 34.5 Å². The molecule has 0 bridgehead atoms. The summed E-state index contributed by atoms with van der Waals surface area (Å²) in [5.41, 5.74) is 3.80. The number of ether oxygens (including phenoxy) is 6. The number of benzene rings is 3. The molecule has 0 saturated carbocycles. The molecule has 0 amide bonds. The summed E-state index contributed by atoms with van der Waals surface area (Å²) < 4.78 is 33.2. The minimum absolute atomic E-state index is 0.0734. The first-order chi connectivity index (χ1) is 18.1. The zero-order chi connectivity index (χ0) is 26.4. The van der Waals surface area contributed by atoms with Crippen molar-refractivity contribution in [1.29, 1.82) is 0 Å². The molecular weight excluding hydrogens is 472 g/mol. The fourth-order valence-electron chi connectivity index (χ4n) is 4.40. The lowest BCUT2D eigenvalue weighted by molar-refractivity contribution is 0.323.